The smallest absolute Gasteiger partial charge is 0.126 e. The highest BCUT2D eigenvalue weighted by molar-refractivity contribution is 5.17. The van der Waals surface area contributed by atoms with Crippen molar-refractivity contribution in [3.8, 4) is 0 Å². The number of aliphatic hydroxyl groups is 1. The van der Waals surface area contributed by atoms with Gasteiger partial charge in [-0.3, -0.25) is 0 Å². The van der Waals surface area contributed by atoms with E-state index in [4.69, 9.17) is 0 Å². The molecule has 1 fully saturated rings. The topological polar surface area (TPSA) is 23.5 Å². The molecule has 0 spiro atoms. The molecular formula is C14H20FNO. The summed E-state index contributed by atoms with van der Waals surface area (Å²) in [7, 11) is 0. The van der Waals surface area contributed by atoms with Crippen LogP contribution < -0.4 is 0 Å². The highest BCUT2D eigenvalue weighted by atomic mass is 19.1. The highest BCUT2D eigenvalue weighted by Crippen LogP contribution is 2.12. The predicted octanol–water partition coefficient (Wildman–Crippen LogP) is 2.22. The number of hydrogen-bond acceptors (Lipinski definition) is 2. The first-order valence-corrected chi connectivity index (χ1v) is 6.39. The lowest BCUT2D eigenvalue weighted by Crippen LogP contribution is -2.36. The molecule has 1 aromatic carbocycles. The lowest BCUT2D eigenvalue weighted by atomic mass is 10.1. The van der Waals surface area contributed by atoms with Crippen LogP contribution in [0.4, 0.5) is 4.39 Å². The number of piperidine rings is 1. The second-order valence-electron chi connectivity index (χ2n) is 4.77. The maximum Gasteiger partial charge on any atom is 0.126 e. The van der Waals surface area contributed by atoms with Gasteiger partial charge in [-0.05, 0) is 43.9 Å². The normalized spacial score (nSPS) is 18.5. The average molecular weight is 237 g/mol. The zero-order valence-corrected chi connectivity index (χ0v) is 10.1. The second kappa shape index (κ2) is 6.12. The van der Waals surface area contributed by atoms with Gasteiger partial charge >= 0.3 is 0 Å². The van der Waals surface area contributed by atoms with Crippen LogP contribution in [0.25, 0.3) is 0 Å². The van der Waals surface area contributed by atoms with Gasteiger partial charge in [0.15, 0.2) is 0 Å². The fourth-order valence-electron chi connectivity index (χ4n) is 2.34. The molecule has 17 heavy (non-hydrogen) atoms. The minimum Gasteiger partial charge on any atom is -0.393 e. The number of aliphatic hydroxyl groups excluding tert-OH is 1. The molecule has 2 nitrogen and oxygen atoms in total. The Hall–Kier alpha value is -0.930. The summed E-state index contributed by atoms with van der Waals surface area (Å²) >= 11 is 0. The van der Waals surface area contributed by atoms with Gasteiger partial charge in [-0.15, -0.1) is 0 Å². The molecule has 1 N–H and O–H groups in total. The number of halogens is 1. The third-order valence-electron chi connectivity index (χ3n) is 3.44. The van der Waals surface area contributed by atoms with Crippen molar-refractivity contribution >= 4 is 0 Å². The van der Waals surface area contributed by atoms with Gasteiger partial charge in [0, 0.05) is 13.1 Å². The second-order valence-corrected chi connectivity index (χ2v) is 4.77. The third kappa shape index (κ3) is 3.79. The van der Waals surface area contributed by atoms with Crippen molar-refractivity contribution in [3.05, 3.63) is 35.6 Å². The van der Waals surface area contributed by atoms with Crippen LogP contribution in [-0.4, -0.2) is 35.7 Å². The molecule has 1 aromatic rings. The van der Waals surface area contributed by atoms with E-state index in [1.165, 1.54) is 6.07 Å². The molecular weight excluding hydrogens is 217 g/mol. The van der Waals surface area contributed by atoms with Crippen molar-refractivity contribution in [2.24, 2.45) is 0 Å². The maximum absolute atomic E-state index is 13.4. The quantitative estimate of drug-likeness (QED) is 0.868. The Labute approximate surface area is 102 Å². The summed E-state index contributed by atoms with van der Waals surface area (Å²) in [6.07, 6.45) is 3.42. The molecule has 1 heterocycles. The molecule has 0 aliphatic carbocycles. The Morgan fingerprint density at radius 3 is 2.65 bits per heavy atom. The van der Waals surface area contributed by atoms with E-state index in [1.807, 2.05) is 12.1 Å². The van der Waals surface area contributed by atoms with Gasteiger partial charge in [-0.2, -0.15) is 0 Å². The standard InChI is InChI=1S/C14H20FNO/c15-14-6-2-1-4-12(14)5-3-9-16-10-7-13(17)8-11-16/h1-2,4,6,13,17H,3,5,7-11H2. The van der Waals surface area contributed by atoms with Crippen LogP contribution in [0.3, 0.4) is 0 Å². The molecule has 0 saturated carbocycles. The molecule has 0 atom stereocenters. The van der Waals surface area contributed by atoms with Crippen LogP contribution in [-0.2, 0) is 6.42 Å². The van der Waals surface area contributed by atoms with Crippen LogP contribution in [0.1, 0.15) is 24.8 Å². The van der Waals surface area contributed by atoms with E-state index in [-0.39, 0.29) is 11.9 Å². The summed E-state index contributed by atoms with van der Waals surface area (Å²) < 4.78 is 13.4. The number of hydrogen-bond donors (Lipinski definition) is 1. The largest absolute Gasteiger partial charge is 0.393 e. The zero-order chi connectivity index (χ0) is 12.1. The van der Waals surface area contributed by atoms with Crippen molar-refractivity contribution in [1.82, 2.24) is 4.90 Å². The van der Waals surface area contributed by atoms with Gasteiger partial charge in [0.2, 0.25) is 0 Å². The van der Waals surface area contributed by atoms with Crippen LogP contribution in [0.2, 0.25) is 0 Å². The predicted molar refractivity (Wildman–Crippen MR) is 66.4 cm³/mol. The molecule has 0 bridgehead atoms. The van der Waals surface area contributed by atoms with Crippen molar-refractivity contribution in [2.75, 3.05) is 19.6 Å². The van der Waals surface area contributed by atoms with Gasteiger partial charge in [0.05, 0.1) is 6.10 Å². The molecule has 0 aromatic heterocycles. The summed E-state index contributed by atoms with van der Waals surface area (Å²) in [5.41, 5.74) is 0.810. The molecule has 3 heteroatoms. The van der Waals surface area contributed by atoms with Crippen molar-refractivity contribution in [1.29, 1.82) is 0 Å². The Morgan fingerprint density at radius 2 is 1.94 bits per heavy atom. The fourth-order valence-corrected chi connectivity index (χ4v) is 2.34. The van der Waals surface area contributed by atoms with E-state index < -0.39 is 0 Å². The van der Waals surface area contributed by atoms with Crippen LogP contribution >= 0.6 is 0 Å². The number of likely N-dealkylation sites (tertiary alicyclic amines) is 1. The number of nitrogens with zero attached hydrogens (tertiary/aromatic N) is 1. The first kappa shape index (κ1) is 12.5. The SMILES string of the molecule is OC1CCN(CCCc2ccccc2F)CC1. The molecule has 0 radical (unpaired) electrons. The lowest BCUT2D eigenvalue weighted by molar-refractivity contribution is 0.0821. The maximum atomic E-state index is 13.4. The van der Waals surface area contributed by atoms with Gasteiger partial charge in [0.1, 0.15) is 5.82 Å². The number of aryl methyl sites for hydroxylation is 1. The van der Waals surface area contributed by atoms with Gasteiger partial charge in [-0.25, -0.2) is 4.39 Å². The minimum absolute atomic E-state index is 0.0958. The van der Waals surface area contributed by atoms with E-state index in [0.29, 0.717) is 0 Å². The molecule has 1 aliphatic heterocycles. The summed E-state index contributed by atoms with van der Waals surface area (Å²) in [5.74, 6) is -0.0958. The zero-order valence-electron chi connectivity index (χ0n) is 10.1. The van der Waals surface area contributed by atoms with Gasteiger partial charge < -0.3 is 10.0 Å². The highest BCUT2D eigenvalue weighted by Gasteiger charge is 2.16. The van der Waals surface area contributed by atoms with Crippen LogP contribution in [0.15, 0.2) is 24.3 Å². The van der Waals surface area contributed by atoms with Crippen LogP contribution in [0.5, 0.6) is 0 Å². The summed E-state index contributed by atoms with van der Waals surface area (Å²) in [4.78, 5) is 2.35. The third-order valence-corrected chi connectivity index (χ3v) is 3.44. The van der Waals surface area contributed by atoms with E-state index in [0.717, 1.165) is 50.9 Å². The van der Waals surface area contributed by atoms with Gasteiger partial charge in [-0.1, -0.05) is 18.2 Å². The van der Waals surface area contributed by atoms with Gasteiger partial charge in [0.25, 0.3) is 0 Å². The Kier molecular flexibility index (Phi) is 4.51. The first-order valence-electron chi connectivity index (χ1n) is 6.39. The Balaban J connectivity index is 1.71. The number of rotatable bonds is 4. The van der Waals surface area contributed by atoms with E-state index in [1.54, 1.807) is 6.07 Å². The van der Waals surface area contributed by atoms with E-state index >= 15 is 0 Å². The fraction of sp³-hybridized carbons (Fsp3) is 0.571. The number of benzene rings is 1. The van der Waals surface area contributed by atoms with Crippen LogP contribution in [0, 0.1) is 5.82 Å². The van der Waals surface area contributed by atoms with Crippen molar-refractivity contribution < 1.29 is 9.50 Å². The molecule has 0 unspecified atom stereocenters. The Bertz CT molecular complexity index is 348. The molecule has 1 aliphatic rings. The van der Waals surface area contributed by atoms with E-state index in [2.05, 4.69) is 4.90 Å². The van der Waals surface area contributed by atoms with E-state index in [9.17, 15) is 9.50 Å². The van der Waals surface area contributed by atoms with Crippen molar-refractivity contribution in [2.45, 2.75) is 31.8 Å². The summed E-state index contributed by atoms with van der Waals surface area (Å²) in [6, 6.07) is 6.99. The lowest BCUT2D eigenvalue weighted by Gasteiger charge is -2.29. The molecule has 0 amide bonds. The average Bonchev–Trinajstić information content (AvgIpc) is 2.34. The first-order chi connectivity index (χ1) is 8.25. The summed E-state index contributed by atoms with van der Waals surface area (Å²) in [5, 5.41) is 9.39. The summed E-state index contributed by atoms with van der Waals surface area (Å²) in [6.45, 7) is 2.94. The minimum atomic E-state index is -0.113. The molecule has 1 saturated heterocycles. The molecule has 2 rings (SSSR count). The Morgan fingerprint density at radius 1 is 1.24 bits per heavy atom. The molecule has 94 valence electrons. The monoisotopic (exact) mass is 237 g/mol. The van der Waals surface area contributed by atoms with Crippen molar-refractivity contribution in [3.63, 3.8) is 0 Å².